The number of methoxy groups -OCH3 is 3. The first-order chi connectivity index (χ1) is 18.0. The molecule has 12 heteroatoms. The predicted octanol–water partition coefficient (Wildman–Crippen LogP) is 3.13. The summed E-state index contributed by atoms with van der Waals surface area (Å²) in [5.74, 6) is -7.43. The highest BCUT2D eigenvalue weighted by molar-refractivity contribution is 5.82. The van der Waals surface area contributed by atoms with E-state index in [0.29, 0.717) is 0 Å². The molecule has 0 radical (unpaired) electrons. The number of benzene rings is 3. The van der Waals surface area contributed by atoms with Gasteiger partial charge in [0, 0.05) is 29.2 Å². The van der Waals surface area contributed by atoms with Crippen molar-refractivity contribution in [3.8, 4) is 28.7 Å². The van der Waals surface area contributed by atoms with Crippen molar-refractivity contribution in [1.29, 1.82) is 0 Å². The summed E-state index contributed by atoms with van der Waals surface area (Å²) in [6.07, 6.45) is 0. The van der Waals surface area contributed by atoms with Crippen LogP contribution in [0.15, 0.2) is 42.5 Å². The number of hydrogen-bond acceptors (Lipinski definition) is 10. The second-order valence-corrected chi connectivity index (χ2v) is 8.10. The molecule has 4 N–H and O–H groups in total. The molecule has 3 rings (SSSR count). The molecule has 0 aliphatic rings. The van der Waals surface area contributed by atoms with Gasteiger partial charge >= 0.3 is 11.9 Å². The third-order valence-electron chi connectivity index (χ3n) is 5.79. The van der Waals surface area contributed by atoms with Crippen LogP contribution < -0.4 is 9.64 Å². The van der Waals surface area contributed by atoms with Crippen molar-refractivity contribution in [2.24, 2.45) is 0 Å². The molecular weight excluding hydrogens is 508 g/mol. The lowest BCUT2D eigenvalue weighted by atomic mass is 9.83. The summed E-state index contributed by atoms with van der Waals surface area (Å²) in [5.41, 5.74) is 0.184. The van der Waals surface area contributed by atoms with Gasteiger partial charge in [-0.15, -0.1) is 0 Å². The van der Waals surface area contributed by atoms with Gasteiger partial charge in [0.05, 0.1) is 27.0 Å². The number of anilines is 1. The van der Waals surface area contributed by atoms with E-state index in [9.17, 15) is 38.8 Å². The Balaban J connectivity index is 2.24. The van der Waals surface area contributed by atoms with Gasteiger partial charge in [-0.1, -0.05) is 6.07 Å². The summed E-state index contributed by atoms with van der Waals surface area (Å²) >= 11 is 0. The zero-order chi connectivity index (χ0) is 28.1. The molecule has 3 aromatic rings. The standard InChI is InChI=1S/C26H25F2NO9/c1-36-23-6-13(4-5-18(23)29(11-24(34)37-2)12-25(35)38-3)26(14-7-16(27)21(32)9-19(14)30)15-8-17(28)22(33)10-20(15)31/h4-10,26,30-33H,11-12H2,1-3H3. The van der Waals surface area contributed by atoms with Crippen LogP contribution in [0.3, 0.4) is 0 Å². The third kappa shape index (κ3) is 5.80. The summed E-state index contributed by atoms with van der Waals surface area (Å²) in [7, 11) is 3.66. The number of carbonyl (C=O) groups excluding carboxylic acids is 2. The summed E-state index contributed by atoms with van der Waals surface area (Å²) in [4.78, 5) is 25.3. The Labute approximate surface area is 215 Å². The van der Waals surface area contributed by atoms with Crippen LogP contribution in [-0.4, -0.2) is 66.8 Å². The predicted molar refractivity (Wildman–Crippen MR) is 130 cm³/mol. The van der Waals surface area contributed by atoms with E-state index in [-0.39, 0.29) is 41.2 Å². The molecule has 0 spiro atoms. The minimum absolute atomic E-state index is 0.109. The van der Waals surface area contributed by atoms with E-state index in [1.54, 1.807) is 0 Å². The monoisotopic (exact) mass is 533 g/mol. The zero-order valence-corrected chi connectivity index (χ0v) is 20.6. The average molecular weight is 533 g/mol. The third-order valence-corrected chi connectivity index (χ3v) is 5.79. The first-order valence-electron chi connectivity index (χ1n) is 11.0. The molecule has 0 saturated heterocycles. The molecule has 0 aliphatic heterocycles. The molecule has 38 heavy (non-hydrogen) atoms. The number of nitrogens with zero attached hydrogens (tertiary/aromatic N) is 1. The Hall–Kier alpha value is -4.74. The average Bonchev–Trinajstić information content (AvgIpc) is 2.89. The quantitative estimate of drug-likeness (QED) is 0.239. The van der Waals surface area contributed by atoms with E-state index in [1.807, 2.05) is 0 Å². The number of esters is 2. The Bertz CT molecular complexity index is 1290. The molecular formula is C26H25F2NO9. The number of rotatable bonds is 9. The highest BCUT2D eigenvalue weighted by atomic mass is 19.1. The molecule has 0 atom stereocenters. The van der Waals surface area contributed by atoms with Crippen molar-refractivity contribution in [2.45, 2.75) is 5.92 Å². The molecule has 0 bridgehead atoms. The highest BCUT2D eigenvalue weighted by Crippen LogP contribution is 2.45. The molecule has 0 fully saturated rings. The van der Waals surface area contributed by atoms with Crippen molar-refractivity contribution >= 4 is 17.6 Å². The Morgan fingerprint density at radius 3 is 1.66 bits per heavy atom. The first-order valence-corrected chi connectivity index (χ1v) is 11.0. The lowest BCUT2D eigenvalue weighted by Gasteiger charge is -2.26. The van der Waals surface area contributed by atoms with E-state index in [2.05, 4.69) is 0 Å². The number of carbonyl (C=O) groups is 2. The Morgan fingerprint density at radius 2 is 1.24 bits per heavy atom. The number of halogens is 2. The maximum atomic E-state index is 14.4. The van der Waals surface area contributed by atoms with Crippen molar-refractivity contribution < 1.29 is 53.0 Å². The van der Waals surface area contributed by atoms with Gasteiger partial charge in [0.25, 0.3) is 0 Å². The van der Waals surface area contributed by atoms with Gasteiger partial charge < -0.3 is 39.5 Å². The van der Waals surface area contributed by atoms with Crippen LogP contribution in [-0.2, 0) is 19.1 Å². The maximum absolute atomic E-state index is 14.4. The van der Waals surface area contributed by atoms with Crippen LogP contribution in [0.1, 0.15) is 22.6 Å². The minimum Gasteiger partial charge on any atom is -0.507 e. The molecule has 0 heterocycles. The zero-order valence-electron chi connectivity index (χ0n) is 20.6. The Morgan fingerprint density at radius 1 is 0.763 bits per heavy atom. The molecule has 202 valence electrons. The van der Waals surface area contributed by atoms with Crippen LogP contribution in [0, 0.1) is 11.6 Å². The largest absolute Gasteiger partial charge is 0.507 e. The molecule has 0 aromatic heterocycles. The smallest absolute Gasteiger partial charge is 0.325 e. The van der Waals surface area contributed by atoms with Gasteiger partial charge in [0.1, 0.15) is 30.3 Å². The van der Waals surface area contributed by atoms with Crippen LogP contribution in [0.4, 0.5) is 14.5 Å². The van der Waals surface area contributed by atoms with Gasteiger partial charge in [-0.3, -0.25) is 9.59 Å². The first kappa shape index (κ1) is 27.8. The van der Waals surface area contributed by atoms with E-state index >= 15 is 0 Å². The number of aromatic hydroxyl groups is 4. The van der Waals surface area contributed by atoms with Crippen LogP contribution >= 0.6 is 0 Å². The Kier molecular flexibility index (Phi) is 8.46. The van der Waals surface area contributed by atoms with E-state index in [0.717, 1.165) is 24.3 Å². The SMILES string of the molecule is COC(=O)CN(CC(=O)OC)c1ccc(C(c2cc(F)c(O)cc2O)c2cc(F)c(O)cc2O)cc1OC. The molecule has 10 nitrogen and oxygen atoms in total. The van der Waals surface area contributed by atoms with Gasteiger partial charge in [-0.05, 0) is 29.8 Å². The summed E-state index contributed by atoms with van der Waals surface area (Å²) < 4.78 is 43.6. The van der Waals surface area contributed by atoms with Crippen LogP contribution in [0.25, 0.3) is 0 Å². The van der Waals surface area contributed by atoms with Crippen molar-refractivity contribution in [2.75, 3.05) is 39.3 Å². The lowest BCUT2D eigenvalue weighted by Crippen LogP contribution is -2.35. The molecule has 0 aliphatic carbocycles. The van der Waals surface area contributed by atoms with Gasteiger partial charge in [-0.25, -0.2) is 8.78 Å². The number of hydrogen-bond donors (Lipinski definition) is 4. The van der Waals surface area contributed by atoms with E-state index in [1.165, 1.54) is 44.4 Å². The number of phenols is 4. The lowest BCUT2D eigenvalue weighted by molar-refractivity contribution is -0.140. The van der Waals surface area contributed by atoms with E-state index < -0.39 is 52.5 Å². The topological polar surface area (TPSA) is 146 Å². The normalized spacial score (nSPS) is 10.8. The summed E-state index contributed by atoms with van der Waals surface area (Å²) in [6, 6.07) is 7.47. The highest BCUT2D eigenvalue weighted by Gasteiger charge is 2.28. The van der Waals surface area contributed by atoms with Crippen LogP contribution in [0.2, 0.25) is 0 Å². The van der Waals surface area contributed by atoms with Crippen molar-refractivity contribution in [3.63, 3.8) is 0 Å². The fraction of sp³-hybridized carbons (Fsp3) is 0.231. The molecule has 0 saturated carbocycles. The second kappa shape index (κ2) is 11.5. The fourth-order valence-corrected chi connectivity index (χ4v) is 3.92. The number of ether oxygens (including phenoxy) is 3. The van der Waals surface area contributed by atoms with Crippen molar-refractivity contribution in [3.05, 3.63) is 70.8 Å². The summed E-state index contributed by atoms with van der Waals surface area (Å²) in [5, 5.41) is 40.4. The van der Waals surface area contributed by atoms with Gasteiger partial charge in [0.2, 0.25) is 0 Å². The van der Waals surface area contributed by atoms with Crippen molar-refractivity contribution in [1.82, 2.24) is 0 Å². The molecule has 0 amide bonds. The molecule has 3 aromatic carbocycles. The number of phenolic OH excluding ortho intramolecular Hbond substituents is 4. The minimum atomic E-state index is -1.24. The fourth-order valence-electron chi connectivity index (χ4n) is 3.92. The van der Waals surface area contributed by atoms with Gasteiger partial charge in [-0.2, -0.15) is 0 Å². The van der Waals surface area contributed by atoms with Gasteiger partial charge in [0.15, 0.2) is 23.1 Å². The van der Waals surface area contributed by atoms with E-state index in [4.69, 9.17) is 14.2 Å². The second-order valence-electron chi connectivity index (χ2n) is 8.10. The maximum Gasteiger partial charge on any atom is 0.325 e. The van der Waals surface area contributed by atoms with Crippen LogP contribution in [0.5, 0.6) is 28.7 Å². The molecule has 0 unspecified atom stereocenters. The summed E-state index contributed by atoms with van der Waals surface area (Å²) in [6.45, 7) is -0.697.